The Kier molecular flexibility index (Phi) is 2.37. The van der Waals surface area contributed by atoms with Crippen LogP contribution >= 0.6 is 0 Å². The molecule has 6 nitrogen and oxygen atoms in total. The number of nitro benzene ring substituents is 1. The maximum absolute atomic E-state index is 10.6. The van der Waals surface area contributed by atoms with Crippen molar-refractivity contribution >= 4 is 11.7 Å². The van der Waals surface area contributed by atoms with Crippen molar-refractivity contribution in [2.24, 2.45) is 0 Å². The average molecular weight is 197 g/mol. The normalized spacial score (nSPS) is 9.79. The van der Waals surface area contributed by atoms with Crippen molar-refractivity contribution in [3.05, 3.63) is 33.4 Å². The number of aromatic hydroxyl groups is 1. The monoisotopic (exact) mass is 197 g/mol. The Bertz CT molecular complexity index is 373. The minimum absolute atomic E-state index is 0.145. The molecule has 0 saturated heterocycles. The predicted molar refractivity (Wildman–Crippen MR) is 46.5 cm³/mol. The zero-order chi connectivity index (χ0) is 10.9. The number of hydrogen-bond donors (Lipinski definition) is 2. The fourth-order valence-electron chi connectivity index (χ4n) is 1.06. The Morgan fingerprint density at radius 2 is 2.07 bits per heavy atom. The standard InChI is InChI=1S/C8H7NO5/c1-4-2-6(9(13)14)7(10)3-5(4)8(11)12/h2-3,10H,1H3,(H,11,12). The van der Waals surface area contributed by atoms with Gasteiger partial charge in [0.05, 0.1) is 10.5 Å². The van der Waals surface area contributed by atoms with Gasteiger partial charge in [0.1, 0.15) is 0 Å². The molecule has 0 aliphatic carbocycles. The molecular weight excluding hydrogens is 190 g/mol. The zero-order valence-corrected chi connectivity index (χ0v) is 7.22. The van der Waals surface area contributed by atoms with E-state index in [4.69, 9.17) is 10.2 Å². The molecule has 0 unspecified atom stereocenters. The van der Waals surface area contributed by atoms with Crippen LogP contribution in [0.4, 0.5) is 5.69 Å². The van der Waals surface area contributed by atoms with Crippen LogP contribution in [0.1, 0.15) is 15.9 Å². The maximum atomic E-state index is 10.6. The molecule has 0 saturated carbocycles. The van der Waals surface area contributed by atoms with Gasteiger partial charge < -0.3 is 10.2 Å². The zero-order valence-electron chi connectivity index (χ0n) is 7.22. The van der Waals surface area contributed by atoms with Gasteiger partial charge in [0, 0.05) is 12.1 Å². The van der Waals surface area contributed by atoms with Gasteiger partial charge in [-0.2, -0.15) is 0 Å². The number of carbonyl (C=O) groups is 1. The number of nitrogens with zero attached hydrogens (tertiary/aromatic N) is 1. The van der Waals surface area contributed by atoms with E-state index in [1.807, 2.05) is 0 Å². The summed E-state index contributed by atoms with van der Waals surface area (Å²) in [5.74, 6) is -1.87. The van der Waals surface area contributed by atoms with Crippen LogP contribution in [0, 0.1) is 17.0 Å². The fourth-order valence-corrected chi connectivity index (χ4v) is 1.06. The smallest absolute Gasteiger partial charge is 0.336 e. The lowest BCUT2D eigenvalue weighted by Crippen LogP contribution is -2.00. The molecule has 0 bridgehead atoms. The third-order valence-corrected chi connectivity index (χ3v) is 1.75. The van der Waals surface area contributed by atoms with Crippen LogP contribution in [0.25, 0.3) is 0 Å². The number of phenolic OH excluding ortho intramolecular Hbond substituents is 1. The molecule has 0 amide bonds. The third-order valence-electron chi connectivity index (χ3n) is 1.75. The molecule has 0 aliphatic heterocycles. The summed E-state index contributed by atoms with van der Waals surface area (Å²) in [4.78, 5) is 20.2. The summed E-state index contributed by atoms with van der Waals surface area (Å²) in [5, 5.41) is 28.1. The van der Waals surface area contributed by atoms with Gasteiger partial charge in [0.25, 0.3) is 0 Å². The largest absolute Gasteiger partial charge is 0.502 e. The lowest BCUT2D eigenvalue weighted by atomic mass is 10.1. The lowest BCUT2D eigenvalue weighted by molar-refractivity contribution is -0.385. The van der Waals surface area contributed by atoms with Gasteiger partial charge in [-0.3, -0.25) is 10.1 Å². The summed E-state index contributed by atoms with van der Waals surface area (Å²) in [7, 11) is 0. The van der Waals surface area contributed by atoms with Crippen LogP contribution in [0.5, 0.6) is 5.75 Å². The van der Waals surface area contributed by atoms with Crippen LogP contribution in [0.2, 0.25) is 0 Å². The summed E-state index contributed by atoms with van der Waals surface area (Å²) >= 11 is 0. The second-order valence-electron chi connectivity index (χ2n) is 2.72. The predicted octanol–water partition coefficient (Wildman–Crippen LogP) is 1.31. The van der Waals surface area contributed by atoms with E-state index in [0.29, 0.717) is 0 Å². The van der Waals surface area contributed by atoms with E-state index in [0.717, 1.165) is 12.1 Å². The fraction of sp³-hybridized carbons (Fsp3) is 0.125. The van der Waals surface area contributed by atoms with Crippen molar-refractivity contribution < 1.29 is 19.9 Å². The summed E-state index contributed by atoms with van der Waals surface area (Å²) in [6.07, 6.45) is 0. The molecule has 0 spiro atoms. The highest BCUT2D eigenvalue weighted by atomic mass is 16.6. The first-order valence-corrected chi connectivity index (χ1v) is 3.64. The Balaban J connectivity index is 3.38. The summed E-state index contributed by atoms with van der Waals surface area (Å²) in [5.41, 5.74) is -0.400. The summed E-state index contributed by atoms with van der Waals surface area (Å²) in [6, 6.07) is 1.90. The van der Waals surface area contributed by atoms with Crippen molar-refractivity contribution in [2.75, 3.05) is 0 Å². The second kappa shape index (κ2) is 3.33. The number of carboxylic acid groups (broad SMARTS) is 1. The Morgan fingerprint density at radius 3 is 2.50 bits per heavy atom. The van der Waals surface area contributed by atoms with Crippen molar-refractivity contribution in [2.45, 2.75) is 6.92 Å². The minimum atomic E-state index is -1.23. The highest BCUT2D eigenvalue weighted by Crippen LogP contribution is 2.28. The molecule has 74 valence electrons. The van der Waals surface area contributed by atoms with Crippen molar-refractivity contribution in [3.63, 3.8) is 0 Å². The van der Waals surface area contributed by atoms with Crippen LogP contribution in [-0.4, -0.2) is 21.1 Å². The topological polar surface area (TPSA) is 101 Å². The Morgan fingerprint density at radius 1 is 1.50 bits per heavy atom. The third kappa shape index (κ3) is 1.63. The number of carboxylic acids is 1. The lowest BCUT2D eigenvalue weighted by Gasteiger charge is -2.01. The van der Waals surface area contributed by atoms with Crippen LogP contribution in [0.15, 0.2) is 12.1 Å². The van der Waals surface area contributed by atoms with E-state index >= 15 is 0 Å². The molecule has 0 heterocycles. The van der Waals surface area contributed by atoms with Gasteiger partial charge in [-0.1, -0.05) is 0 Å². The van der Waals surface area contributed by atoms with Gasteiger partial charge in [-0.05, 0) is 12.5 Å². The van der Waals surface area contributed by atoms with Crippen molar-refractivity contribution in [1.29, 1.82) is 0 Å². The molecule has 1 aromatic carbocycles. The number of aromatic carboxylic acids is 1. The molecule has 14 heavy (non-hydrogen) atoms. The van der Waals surface area contributed by atoms with Crippen LogP contribution in [0.3, 0.4) is 0 Å². The molecule has 0 radical (unpaired) electrons. The highest BCUT2D eigenvalue weighted by molar-refractivity contribution is 5.90. The molecule has 1 rings (SSSR count). The number of phenols is 1. The highest BCUT2D eigenvalue weighted by Gasteiger charge is 2.18. The van der Waals surface area contributed by atoms with Gasteiger partial charge in [0.15, 0.2) is 5.75 Å². The number of hydrogen-bond acceptors (Lipinski definition) is 4. The van der Waals surface area contributed by atoms with Gasteiger partial charge in [0.2, 0.25) is 0 Å². The molecule has 6 heteroatoms. The van der Waals surface area contributed by atoms with Crippen LogP contribution in [-0.2, 0) is 0 Å². The molecule has 0 fully saturated rings. The summed E-state index contributed by atoms with van der Waals surface area (Å²) < 4.78 is 0. The molecular formula is C8H7NO5. The Hall–Kier alpha value is -2.11. The van der Waals surface area contributed by atoms with Crippen molar-refractivity contribution in [3.8, 4) is 5.75 Å². The molecule has 0 aliphatic rings. The first-order valence-electron chi connectivity index (χ1n) is 3.64. The number of nitro groups is 1. The molecule has 0 aromatic heterocycles. The van der Waals surface area contributed by atoms with Crippen LogP contribution < -0.4 is 0 Å². The number of rotatable bonds is 2. The van der Waals surface area contributed by atoms with Gasteiger partial charge in [-0.25, -0.2) is 4.79 Å². The first kappa shape index (κ1) is 9.97. The molecule has 0 atom stereocenters. The van der Waals surface area contributed by atoms with E-state index in [1.165, 1.54) is 6.92 Å². The van der Waals surface area contributed by atoms with Gasteiger partial charge in [-0.15, -0.1) is 0 Å². The van der Waals surface area contributed by atoms with Crippen molar-refractivity contribution in [1.82, 2.24) is 0 Å². The van der Waals surface area contributed by atoms with Gasteiger partial charge >= 0.3 is 11.7 Å². The minimum Gasteiger partial charge on any atom is -0.502 e. The molecule has 1 aromatic rings. The van der Waals surface area contributed by atoms with E-state index in [9.17, 15) is 14.9 Å². The Labute approximate surface area is 78.6 Å². The maximum Gasteiger partial charge on any atom is 0.336 e. The first-order chi connectivity index (χ1) is 6.43. The van der Waals surface area contributed by atoms with E-state index in [1.54, 1.807) is 0 Å². The van der Waals surface area contributed by atoms with E-state index in [-0.39, 0.29) is 11.1 Å². The van der Waals surface area contributed by atoms with E-state index in [2.05, 4.69) is 0 Å². The second-order valence-corrected chi connectivity index (χ2v) is 2.72. The molecule has 2 N–H and O–H groups in total. The number of aryl methyl sites for hydroxylation is 1. The van der Waals surface area contributed by atoms with E-state index < -0.39 is 22.3 Å². The number of benzene rings is 1. The SMILES string of the molecule is Cc1cc([N+](=O)[O-])c(O)cc1C(=O)O. The summed E-state index contributed by atoms with van der Waals surface area (Å²) in [6.45, 7) is 1.43. The average Bonchev–Trinajstić information content (AvgIpc) is 2.07. The quantitative estimate of drug-likeness (QED) is 0.549.